The van der Waals surface area contributed by atoms with Crippen molar-refractivity contribution in [2.24, 2.45) is 0 Å². The summed E-state index contributed by atoms with van der Waals surface area (Å²) in [5.41, 5.74) is 11.3. The first-order valence-electron chi connectivity index (χ1n) is 11.7. The number of carbonyl (C=O) groups is 1. The van der Waals surface area contributed by atoms with Crippen LogP contribution in [0.5, 0.6) is 0 Å². The van der Waals surface area contributed by atoms with Crippen LogP contribution in [0.15, 0.2) is 54.7 Å². The van der Waals surface area contributed by atoms with E-state index in [1.165, 1.54) is 12.1 Å². The number of fused-ring (bicyclic) bond motifs is 1. The van der Waals surface area contributed by atoms with Crippen molar-refractivity contribution < 1.29 is 28.0 Å². The van der Waals surface area contributed by atoms with Crippen molar-refractivity contribution in [1.82, 2.24) is 24.7 Å². The fourth-order valence-electron chi connectivity index (χ4n) is 4.25. The second-order valence-electron chi connectivity index (χ2n) is 8.65. The van der Waals surface area contributed by atoms with Crippen molar-refractivity contribution in [3.63, 3.8) is 0 Å². The standard InChI is InChI=1S/C25H18F3N9O4/c26-13-9-19-20(31-10-13)17(8-12-4-1-2-5-15(12)27)34-36(19)24-32-22(29)21(23(30)33-24)35(25(38)39)11-14-16(28)6-3-7-18(14)37(40)41/h1-7,9-10H,8,11H2,(H,38,39)(H4,29,30,32,33). The van der Waals surface area contributed by atoms with Crippen molar-refractivity contribution in [2.75, 3.05) is 16.4 Å². The molecule has 41 heavy (non-hydrogen) atoms. The number of pyridine rings is 1. The maximum Gasteiger partial charge on any atom is 0.412 e. The van der Waals surface area contributed by atoms with Gasteiger partial charge in [0.25, 0.3) is 11.6 Å². The lowest BCUT2D eigenvalue weighted by Gasteiger charge is -2.22. The van der Waals surface area contributed by atoms with E-state index in [1.807, 2.05) is 0 Å². The SMILES string of the molecule is Nc1nc(-n2nc(Cc3ccccc3F)c3ncc(F)cc32)nc(N)c1N(Cc1c(F)cccc1[N+](=O)[O-])C(=O)O. The minimum Gasteiger partial charge on any atom is -0.465 e. The first-order chi connectivity index (χ1) is 19.5. The summed E-state index contributed by atoms with van der Waals surface area (Å²) < 4.78 is 44.1. The third-order valence-electron chi connectivity index (χ3n) is 6.10. The molecule has 0 bridgehead atoms. The number of carboxylic acid groups (broad SMARTS) is 1. The molecular weight excluding hydrogens is 547 g/mol. The normalized spacial score (nSPS) is 11.1. The second-order valence-corrected chi connectivity index (χ2v) is 8.65. The maximum atomic E-state index is 14.5. The molecule has 1 amide bonds. The van der Waals surface area contributed by atoms with Crippen molar-refractivity contribution >= 4 is 40.1 Å². The smallest absolute Gasteiger partial charge is 0.412 e. The monoisotopic (exact) mass is 565 g/mol. The molecule has 0 saturated carbocycles. The van der Waals surface area contributed by atoms with E-state index in [-0.39, 0.29) is 29.1 Å². The van der Waals surface area contributed by atoms with Gasteiger partial charge in [0.05, 0.1) is 34.4 Å². The summed E-state index contributed by atoms with van der Waals surface area (Å²) in [6, 6.07) is 10.1. The number of nitrogen functional groups attached to an aromatic ring is 2. The zero-order valence-electron chi connectivity index (χ0n) is 20.7. The largest absolute Gasteiger partial charge is 0.465 e. The number of nitrogens with zero attached hydrogens (tertiary/aromatic N) is 7. The van der Waals surface area contributed by atoms with Crippen molar-refractivity contribution in [1.29, 1.82) is 0 Å². The summed E-state index contributed by atoms with van der Waals surface area (Å²) in [6.07, 6.45) is -0.745. The average Bonchev–Trinajstić information content (AvgIpc) is 3.26. The Hall–Kier alpha value is -5.80. The molecule has 0 aliphatic carbocycles. The zero-order valence-corrected chi connectivity index (χ0v) is 20.7. The number of aromatic nitrogens is 5. The molecule has 5 aromatic rings. The number of nitro groups is 1. The van der Waals surface area contributed by atoms with E-state index in [0.717, 1.165) is 35.1 Å². The second kappa shape index (κ2) is 10.4. The number of amides is 1. The molecule has 0 unspecified atom stereocenters. The van der Waals surface area contributed by atoms with Gasteiger partial charge in [0, 0.05) is 18.6 Å². The molecule has 0 aliphatic heterocycles. The summed E-state index contributed by atoms with van der Waals surface area (Å²) in [7, 11) is 0. The van der Waals surface area contributed by atoms with Gasteiger partial charge in [-0.25, -0.2) is 22.9 Å². The minimum absolute atomic E-state index is 0.0218. The lowest BCUT2D eigenvalue weighted by molar-refractivity contribution is -0.385. The van der Waals surface area contributed by atoms with E-state index in [4.69, 9.17) is 11.5 Å². The molecule has 0 aliphatic rings. The molecule has 3 heterocycles. The van der Waals surface area contributed by atoms with E-state index in [2.05, 4.69) is 20.1 Å². The van der Waals surface area contributed by atoms with Crippen molar-refractivity contribution in [3.05, 3.63) is 99.1 Å². The number of hydrogen-bond donors (Lipinski definition) is 3. The lowest BCUT2D eigenvalue weighted by Crippen LogP contribution is -2.31. The Morgan fingerprint density at radius 1 is 1.05 bits per heavy atom. The highest BCUT2D eigenvalue weighted by Crippen LogP contribution is 2.33. The van der Waals surface area contributed by atoms with Gasteiger partial charge in [0.1, 0.15) is 28.7 Å². The number of nitrogens with two attached hydrogens (primary N) is 2. The molecule has 5 rings (SSSR count). The third-order valence-corrected chi connectivity index (χ3v) is 6.10. The topological polar surface area (TPSA) is 192 Å². The quantitative estimate of drug-likeness (QED) is 0.192. The molecule has 0 saturated heterocycles. The van der Waals surface area contributed by atoms with Crippen LogP contribution < -0.4 is 16.4 Å². The predicted octanol–water partition coefficient (Wildman–Crippen LogP) is 3.98. The Kier molecular flexibility index (Phi) is 6.80. The lowest BCUT2D eigenvalue weighted by atomic mass is 10.1. The molecular formula is C25H18F3N9O4. The average molecular weight is 565 g/mol. The number of hydrogen-bond acceptors (Lipinski definition) is 9. The Morgan fingerprint density at radius 2 is 1.73 bits per heavy atom. The van der Waals surface area contributed by atoms with Gasteiger partial charge >= 0.3 is 6.09 Å². The van der Waals surface area contributed by atoms with Gasteiger partial charge in [-0.1, -0.05) is 24.3 Å². The Labute approximate surface area is 227 Å². The van der Waals surface area contributed by atoms with Crippen LogP contribution in [0.3, 0.4) is 0 Å². The van der Waals surface area contributed by atoms with Crippen molar-refractivity contribution in [3.8, 4) is 5.95 Å². The highest BCUT2D eigenvalue weighted by Gasteiger charge is 2.29. The van der Waals surface area contributed by atoms with Crippen LogP contribution in [0.1, 0.15) is 16.8 Å². The van der Waals surface area contributed by atoms with Crippen LogP contribution in [0.4, 0.5) is 41.0 Å². The van der Waals surface area contributed by atoms with Gasteiger partial charge in [-0.05, 0) is 17.7 Å². The van der Waals surface area contributed by atoms with E-state index in [1.54, 1.807) is 12.1 Å². The summed E-state index contributed by atoms with van der Waals surface area (Å²) in [5.74, 6) is -3.55. The molecule has 16 heteroatoms. The number of anilines is 3. The minimum atomic E-state index is -1.68. The first kappa shape index (κ1) is 26.8. The van der Waals surface area contributed by atoms with Crippen LogP contribution in [-0.4, -0.2) is 40.9 Å². The molecule has 0 spiro atoms. The van der Waals surface area contributed by atoms with Gasteiger partial charge in [0.15, 0.2) is 11.6 Å². The molecule has 0 fully saturated rings. The zero-order chi connectivity index (χ0) is 29.4. The van der Waals surface area contributed by atoms with Gasteiger partial charge in [-0.15, -0.1) is 0 Å². The summed E-state index contributed by atoms with van der Waals surface area (Å²) in [6.45, 7) is -0.845. The van der Waals surface area contributed by atoms with Crippen LogP contribution >= 0.6 is 0 Å². The van der Waals surface area contributed by atoms with E-state index < -0.39 is 63.6 Å². The molecule has 13 nitrogen and oxygen atoms in total. The highest BCUT2D eigenvalue weighted by atomic mass is 19.1. The van der Waals surface area contributed by atoms with E-state index >= 15 is 0 Å². The molecule has 0 radical (unpaired) electrons. The highest BCUT2D eigenvalue weighted by molar-refractivity contribution is 5.94. The number of rotatable bonds is 7. The van der Waals surface area contributed by atoms with Crippen LogP contribution in [0, 0.1) is 27.6 Å². The van der Waals surface area contributed by atoms with Gasteiger partial charge in [0.2, 0.25) is 0 Å². The number of nitro benzene ring substituents is 1. The predicted molar refractivity (Wildman–Crippen MR) is 140 cm³/mol. The molecule has 208 valence electrons. The Morgan fingerprint density at radius 3 is 2.39 bits per heavy atom. The Bertz CT molecular complexity index is 1820. The van der Waals surface area contributed by atoms with E-state index in [0.29, 0.717) is 10.5 Å². The summed E-state index contributed by atoms with van der Waals surface area (Å²) in [5, 5.41) is 25.6. The summed E-state index contributed by atoms with van der Waals surface area (Å²) in [4.78, 5) is 35.4. The number of halogens is 3. The van der Waals surface area contributed by atoms with Crippen molar-refractivity contribution in [2.45, 2.75) is 13.0 Å². The molecule has 3 aromatic heterocycles. The van der Waals surface area contributed by atoms with Crippen LogP contribution in [0.25, 0.3) is 17.0 Å². The summed E-state index contributed by atoms with van der Waals surface area (Å²) >= 11 is 0. The van der Waals surface area contributed by atoms with Gasteiger partial charge in [-0.3, -0.25) is 15.0 Å². The van der Waals surface area contributed by atoms with Crippen LogP contribution in [0.2, 0.25) is 0 Å². The molecule has 5 N–H and O–H groups in total. The maximum absolute atomic E-state index is 14.5. The fraction of sp³-hybridized carbons (Fsp3) is 0.0800. The molecule has 2 aromatic carbocycles. The fourth-order valence-corrected chi connectivity index (χ4v) is 4.25. The van der Waals surface area contributed by atoms with Crippen LogP contribution in [-0.2, 0) is 13.0 Å². The number of benzene rings is 2. The third kappa shape index (κ3) is 5.00. The van der Waals surface area contributed by atoms with E-state index in [9.17, 15) is 33.2 Å². The van der Waals surface area contributed by atoms with Gasteiger partial charge < -0.3 is 16.6 Å². The first-order valence-corrected chi connectivity index (χ1v) is 11.7. The molecule has 0 atom stereocenters. The Balaban J connectivity index is 1.60. The van der Waals surface area contributed by atoms with Gasteiger partial charge in [-0.2, -0.15) is 19.7 Å².